The van der Waals surface area contributed by atoms with Crippen molar-refractivity contribution in [3.63, 3.8) is 0 Å². The van der Waals surface area contributed by atoms with Gasteiger partial charge in [-0.3, -0.25) is 9.79 Å². The Morgan fingerprint density at radius 1 is 1.41 bits per heavy atom. The Kier molecular flexibility index (Phi) is 5.25. The molecule has 0 saturated carbocycles. The molecule has 0 aromatic heterocycles. The van der Waals surface area contributed by atoms with Gasteiger partial charge in [-0.15, -0.1) is 0 Å². The molecule has 17 heavy (non-hydrogen) atoms. The summed E-state index contributed by atoms with van der Waals surface area (Å²) in [7, 11) is 2.79. The van der Waals surface area contributed by atoms with Crippen LogP contribution in [0.5, 0.6) is 5.75 Å². The number of hydrogen-bond donors (Lipinski definition) is 0. The number of nitrogens with zero attached hydrogens (tertiary/aromatic N) is 1. The van der Waals surface area contributed by atoms with Crippen molar-refractivity contribution in [3.8, 4) is 5.75 Å². The van der Waals surface area contributed by atoms with E-state index in [1.165, 1.54) is 20.4 Å². The smallest absolute Gasteiger partial charge is 0.327 e. The molecule has 0 fully saturated rings. The maximum absolute atomic E-state index is 10.9. The second kappa shape index (κ2) is 6.47. The van der Waals surface area contributed by atoms with Crippen LogP contribution in [-0.2, 0) is 9.53 Å². The van der Waals surface area contributed by atoms with Crippen molar-refractivity contribution in [3.05, 3.63) is 27.7 Å². The molecule has 0 spiro atoms. The van der Waals surface area contributed by atoms with Crippen LogP contribution in [0.25, 0.3) is 0 Å². The molecule has 0 unspecified atom stereocenters. The van der Waals surface area contributed by atoms with Gasteiger partial charge < -0.3 is 9.47 Å². The zero-order valence-corrected chi connectivity index (χ0v) is 10.9. The Morgan fingerprint density at radius 2 is 2.12 bits per heavy atom. The molecule has 0 atom stereocenters. The van der Waals surface area contributed by atoms with Gasteiger partial charge in [-0.1, -0.05) is 23.2 Å². The Balaban J connectivity index is 2.93. The SMILES string of the molecule is COC(=O)CN=Cc1cc(Cl)cc(Cl)c1OC. The number of halogens is 2. The summed E-state index contributed by atoms with van der Waals surface area (Å²) >= 11 is 11.8. The molecule has 0 saturated heterocycles. The Labute approximate surface area is 109 Å². The number of rotatable bonds is 4. The van der Waals surface area contributed by atoms with Gasteiger partial charge in [0.2, 0.25) is 0 Å². The standard InChI is InChI=1S/C11H11Cl2NO3/c1-16-10(15)6-14-5-7-3-8(12)4-9(13)11(7)17-2/h3-5H,6H2,1-2H3. The zero-order chi connectivity index (χ0) is 12.8. The molecule has 92 valence electrons. The molecule has 0 bridgehead atoms. The molecule has 0 aliphatic rings. The average Bonchev–Trinajstić information content (AvgIpc) is 2.28. The lowest BCUT2D eigenvalue weighted by Crippen LogP contribution is -2.04. The zero-order valence-electron chi connectivity index (χ0n) is 9.37. The van der Waals surface area contributed by atoms with E-state index in [1.807, 2.05) is 0 Å². The molecule has 1 aromatic carbocycles. The number of esters is 1. The highest BCUT2D eigenvalue weighted by Crippen LogP contribution is 2.31. The summed E-state index contributed by atoms with van der Waals surface area (Å²) in [5, 5.41) is 0.856. The van der Waals surface area contributed by atoms with E-state index in [2.05, 4.69) is 9.73 Å². The normalized spacial score (nSPS) is 10.6. The van der Waals surface area contributed by atoms with Crippen molar-refractivity contribution in [2.45, 2.75) is 0 Å². The summed E-state index contributed by atoms with van der Waals surface area (Å²) < 4.78 is 9.57. The second-order valence-electron chi connectivity index (χ2n) is 3.06. The molecule has 0 heterocycles. The molecule has 1 rings (SSSR count). The maximum Gasteiger partial charge on any atom is 0.327 e. The summed E-state index contributed by atoms with van der Waals surface area (Å²) in [6.45, 7) is -0.0657. The van der Waals surface area contributed by atoms with Crippen LogP contribution in [0, 0.1) is 0 Å². The number of methoxy groups -OCH3 is 2. The Bertz CT molecular complexity index is 447. The fourth-order valence-electron chi connectivity index (χ4n) is 1.17. The van der Waals surface area contributed by atoms with Gasteiger partial charge in [0.15, 0.2) is 0 Å². The van der Waals surface area contributed by atoms with E-state index >= 15 is 0 Å². The number of ether oxygens (including phenoxy) is 2. The first-order valence-corrected chi connectivity index (χ1v) is 5.43. The Hall–Kier alpha value is -1.26. The van der Waals surface area contributed by atoms with E-state index in [0.717, 1.165) is 0 Å². The van der Waals surface area contributed by atoms with Gasteiger partial charge in [0.1, 0.15) is 12.3 Å². The summed E-state index contributed by atoms with van der Waals surface area (Å²) in [5.41, 5.74) is 0.605. The first-order chi connectivity index (χ1) is 8.08. The summed E-state index contributed by atoms with van der Waals surface area (Å²) in [5.74, 6) is 0.0398. The van der Waals surface area contributed by atoms with Gasteiger partial charge in [-0.05, 0) is 12.1 Å². The van der Waals surface area contributed by atoms with Crippen LogP contribution in [0.4, 0.5) is 0 Å². The second-order valence-corrected chi connectivity index (χ2v) is 3.90. The minimum absolute atomic E-state index is 0.0657. The summed E-state index contributed by atoms with van der Waals surface area (Å²) in [4.78, 5) is 14.8. The minimum Gasteiger partial charge on any atom is -0.495 e. The largest absolute Gasteiger partial charge is 0.495 e. The van der Waals surface area contributed by atoms with Gasteiger partial charge in [0.05, 0.1) is 19.2 Å². The van der Waals surface area contributed by atoms with E-state index in [9.17, 15) is 4.79 Å². The molecular weight excluding hydrogens is 265 g/mol. The van der Waals surface area contributed by atoms with E-state index < -0.39 is 5.97 Å². The molecule has 0 aliphatic carbocycles. The number of carbonyl (C=O) groups is 1. The number of aliphatic imine (C=N–C) groups is 1. The van der Waals surface area contributed by atoms with Gasteiger partial charge >= 0.3 is 5.97 Å². The van der Waals surface area contributed by atoms with Crippen molar-refractivity contribution in [1.29, 1.82) is 0 Å². The fraction of sp³-hybridized carbons (Fsp3) is 0.273. The highest BCUT2D eigenvalue weighted by atomic mass is 35.5. The van der Waals surface area contributed by atoms with Gasteiger partial charge in [0.25, 0.3) is 0 Å². The molecule has 4 nitrogen and oxygen atoms in total. The molecule has 1 aromatic rings. The van der Waals surface area contributed by atoms with E-state index in [-0.39, 0.29) is 6.54 Å². The maximum atomic E-state index is 10.9. The van der Waals surface area contributed by atoms with Crippen molar-refractivity contribution < 1.29 is 14.3 Å². The van der Waals surface area contributed by atoms with Crippen LogP contribution in [0.15, 0.2) is 17.1 Å². The third-order valence-electron chi connectivity index (χ3n) is 1.92. The van der Waals surface area contributed by atoms with E-state index in [4.69, 9.17) is 27.9 Å². The molecule has 0 aliphatic heterocycles. The predicted octanol–water partition coefficient (Wildman–Crippen LogP) is 2.59. The lowest BCUT2D eigenvalue weighted by atomic mass is 10.2. The van der Waals surface area contributed by atoms with Crippen LogP contribution >= 0.6 is 23.2 Å². The molecule has 6 heteroatoms. The van der Waals surface area contributed by atoms with Crippen molar-refractivity contribution in [2.75, 3.05) is 20.8 Å². The van der Waals surface area contributed by atoms with Gasteiger partial charge in [-0.25, -0.2) is 0 Å². The van der Waals surface area contributed by atoms with Crippen molar-refractivity contribution >= 4 is 35.4 Å². The van der Waals surface area contributed by atoms with Crippen LogP contribution in [0.2, 0.25) is 10.0 Å². The third-order valence-corrected chi connectivity index (χ3v) is 2.42. The van der Waals surface area contributed by atoms with Gasteiger partial charge in [0, 0.05) is 16.8 Å². The first-order valence-electron chi connectivity index (χ1n) is 4.68. The monoisotopic (exact) mass is 275 g/mol. The molecule has 0 radical (unpaired) electrons. The first kappa shape index (κ1) is 13.8. The van der Waals surface area contributed by atoms with Crippen molar-refractivity contribution in [1.82, 2.24) is 0 Å². The van der Waals surface area contributed by atoms with Crippen LogP contribution < -0.4 is 4.74 Å². The number of hydrogen-bond acceptors (Lipinski definition) is 4. The van der Waals surface area contributed by atoms with Gasteiger partial charge in [-0.2, -0.15) is 0 Å². The van der Waals surface area contributed by atoms with E-state index in [0.29, 0.717) is 21.4 Å². The molecular formula is C11H11Cl2NO3. The fourth-order valence-corrected chi connectivity index (χ4v) is 1.76. The third kappa shape index (κ3) is 3.91. The Morgan fingerprint density at radius 3 is 2.71 bits per heavy atom. The average molecular weight is 276 g/mol. The highest BCUT2D eigenvalue weighted by molar-refractivity contribution is 6.36. The van der Waals surface area contributed by atoms with E-state index in [1.54, 1.807) is 12.1 Å². The van der Waals surface area contributed by atoms with Crippen LogP contribution in [0.3, 0.4) is 0 Å². The number of carbonyl (C=O) groups excluding carboxylic acids is 1. The van der Waals surface area contributed by atoms with Crippen LogP contribution in [-0.4, -0.2) is 32.9 Å². The highest BCUT2D eigenvalue weighted by Gasteiger charge is 2.08. The molecule has 0 N–H and O–H groups in total. The predicted molar refractivity (Wildman–Crippen MR) is 67.5 cm³/mol. The lowest BCUT2D eigenvalue weighted by Gasteiger charge is -2.07. The number of benzene rings is 1. The lowest BCUT2D eigenvalue weighted by molar-refractivity contribution is -0.138. The summed E-state index contributed by atoms with van der Waals surface area (Å²) in [6.07, 6.45) is 1.47. The van der Waals surface area contributed by atoms with Crippen LogP contribution in [0.1, 0.15) is 5.56 Å². The minimum atomic E-state index is -0.423. The summed E-state index contributed by atoms with van der Waals surface area (Å²) in [6, 6.07) is 3.21. The topological polar surface area (TPSA) is 47.9 Å². The van der Waals surface area contributed by atoms with Crippen molar-refractivity contribution in [2.24, 2.45) is 4.99 Å². The molecule has 0 amide bonds. The quantitative estimate of drug-likeness (QED) is 0.627.